The van der Waals surface area contributed by atoms with E-state index in [0.717, 1.165) is 27.7 Å². The lowest BCUT2D eigenvalue weighted by molar-refractivity contribution is 0.0995. The van der Waals surface area contributed by atoms with E-state index in [1.807, 2.05) is 60.4 Å². The van der Waals surface area contributed by atoms with Gasteiger partial charge in [-0.1, -0.05) is 36.0 Å². The van der Waals surface area contributed by atoms with Crippen LogP contribution in [0.1, 0.15) is 21.9 Å². The van der Waals surface area contributed by atoms with Crippen molar-refractivity contribution in [3.05, 3.63) is 71.3 Å². The van der Waals surface area contributed by atoms with Crippen molar-refractivity contribution in [2.75, 3.05) is 5.32 Å². The zero-order valence-electron chi connectivity index (χ0n) is 15.4. The summed E-state index contributed by atoms with van der Waals surface area (Å²) in [5.41, 5.74) is 3.06. The predicted octanol–water partition coefficient (Wildman–Crippen LogP) is 4.99. The van der Waals surface area contributed by atoms with E-state index in [-0.39, 0.29) is 11.7 Å². The summed E-state index contributed by atoms with van der Waals surface area (Å²) in [5, 5.41) is 6.19. The lowest BCUT2D eigenvalue weighted by atomic mass is 10.1. The number of aryl methyl sites for hydroxylation is 2. The Morgan fingerprint density at radius 3 is 2.93 bits per heavy atom. The minimum Gasteiger partial charge on any atom is -0.455 e. The maximum absolute atomic E-state index is 12.5. The van der Waals surface area contributed by atoms with Crippen molar-refractivity contribution in [2.45, 2.75) is 17.8 Å². The third kappa shape index (κ3) is 4.02. The van der Waals surface area contributed by atoms with Crippen molar-refractivity contribution in [1.82, 2.24) is 14.5 Å². The fourth-order valence-electron chi connectivity index (χ4n) is 2.68. The number of nitrogens with one attached hydrogen (secondary N) is 1. The van der Waals surface area contributed by atoms with Crippen molar-refractivity contribution >= 4 is 34.1 Å². The average Bonchev–Trinajstić information content (AvgIpc) is 3.42. The number of aromatic nitrogens is 3. The number of carbonyl (C=O) groups is 1. The van der Waals surface area contributed by atoms with Crippen LogP contribution in [0.3, 0.4) is 0 Å². The molecule has 1 aromatic carbocycles. The summed E-state index contributed by atoms with van der Waals surface area (Å²) in [6.45, 7) is 2.04. The standard InChI is InChI=1S/C20H18N4O2S2/c1-13-5-3-4-6-15(13)16-12-27-19(22-16)23-18(25)17-8-7-14(26-17)11-28-20-21-9-10-24(20)2/h3-10,12H,11H2,1-2H3,(H,22,23,25). The first-order chi connectivity index (χ1) is 13.6. The number of thiazole rings is 1. The molecule has 3 heterocycles. The number of hydrogen-bond acceptors (Lipinski definition) is 6. The zero-order chi connectivity index (χ0) is 19.5. The molecule has 0 spiro atoms. The Labute approximate surface area is 170 Å². The third-order valence-corrected chi connectivity index (χ3v) is 5.99. The molecule has 142 valence electrons. The fourth-order valence-corrected chi connectivity index (χ4v) is 4.21. The highest BCUT2D eigenvalue weighted by Gasteiger charge is 2.15. The normalized spacial score (nSPS) is 10.9. The van der Waals surface area contributed by atoms with Crippen LogP contribution < -0.4 is 5.32 Å². The molecule has 1 N–H and O–H groups in total. The Morgan fingerprint density at radius 1 is 1.29 bits per heavy atom. The smallest absolute Gasteiger partial charge is 0.293 e. The van der Waals surface area contributed by atoms with Gasteiger partial charge in [0.05, 0.1) is 11.4 Å². The number of rotatable bonds is 6. The van der Waals surface area contributed by atoms with E-state index in [1.165, 1.54) is 11.3 Å². The summed E-state index contributed by atoms with van der Waals surface area (Å²) in [5.74, 6) is 1.28. The second-order valence-electron chi connectivity index (χ2n) is 6.18. The van der Waals surface area contributed by atoms with Crippen LogP contribution in [0.15, 0.2) is 63.7 Å². The van der Waals surface area contributed by atoms with E-state index < -0.39 is 0 Å². The van der Waals surface area contributed by atoms with E-state index in [1.54, 1.807) is 24.0 Å². The van der Waals surface area contributed by atoms with E-state index in [0.29, 0.717) is 10.9 Å². The van der Waals surface area contributed by atoms with Gasteiger partial charge in [-0.3, -0.25) is 10.1 Å². The van der Waals surface area contributed by atoms with Crippen LogP contribution in [-0.4, -0.2) is 20.4 Å². The number of amides is 1. The highest BCUT2D eigenvalue weighted by atomic mass is 32.2. The molecule has 1 amide bonds. The van der Waals surface area contributed by atoms with Gasteiger partial charge in [0.25, 0.3) is 5.91 Å². The van der Waals surface area contributed by atoms with Crippen molar-refractivity contribution in [1.29, 1.82) is 0 Å². The molecule has 4 rings (SSSR count). The van der Waals surface area contributed by atoms with Gasteiger partial charge in [0, 0.05) is 30.4 Å². The van der Waals surface area contributed by atoms with Crippen LogP contribution in [0.25, 0.3) is 11.3 Å². The first-order valence-corrected chi connectivity index (χ1v) is 10.5. The first kappa shape index (κ1) is 18.5. The van der Waals surface area contributed by atoms with Crippen molar-refractivity contribution in [2.24, 2.45) is 7.05 Å². The monoisotopic (exact) mass is 410 g/mol. The minimum absolute atomic E-state index is 0.267. The van der Waals surface area contributed by atoms with Crippen LogP contribution in [0.5, 0.6) is 0 Å². The molecule has 0 saturated carbocycles. The van der Waals surface area contributed by atoms with Gasteiger partial charge in [-0.2, -0.15) is 0 Å². The van der Waals surface area contributed by atoms with Gasteiger partial charge in [0.2, 0.25) is 0 Å². The third-order valence-electron chi connectivity index (χ3n) is 4.15. The number of anilines is 1. The van der Waals surface area contributed by atoms with Gasteiger partial charge in [0.1, 0.15) is 5.76 Å². The molecule has 0 radical (unpaired) electrons. The predicted molar refractivity (Wildman–Crippen MR) is 112 cm³/mol. The van der Waals surface area contributed by atoms with Gasteiger partial charge in [-0.05, 0) is 24.6 Å². The summed E-state index contributed by atoms with van der Waals surface area (Å²) in [6, 6.07) is 11.5. The molecule has 28 heavy (non-hydrogen) atoms. The van der Waals surface area contributed by atoms with E-state index in [2.05, 4.69) is 15.3 Å². The molecule has 0 fully saturated rings. The molecule has 8 heteroatoms. The summed E-state index contributed by atoms with van der Waals surface area (Å²) in [6.07, 6.45) is 3.64. The van der Waals surface area contributed by atoms with E-state index in [9.17, 15) is 4.79 Å². The number of thioether (sulfide) groups is 1. The Bertz CT molecular complexity index is 1110. The number of imidazole rings is 1. The maximum atomic E-state index is 12.5. The van der Waals surface area contributed by atoms with Crippen LogP contribution in [0, 0.1) is 6.92 Å². The quantitative estimate of drug-likeness (QED) is 0.453. The Hall–Kier alpha value is -2.84. The van der Waals surface area contributed by atoms with Gasteiger partial charge in [-0.15, -0.1) is 11.3 Å². The summed E-state index contributed by atoms with van der Waals surface area (Å²) in [4.78, 5) is 21.2. The van der Waals surface area contributed by atoms with Crippen LogP contribution in [0.2, 0.25) is 0 Å². The van der Waals surface area contributed by atoms with Crippen molar-refractivity contribution < 1.29 is 9.21 Å². The Morgan fingerprint density at radius 2 is 2.14 bits per heavy atom. The molecule has 0 saturated heterocycles. The molecular formula is C20H18N4O2S2. The van der Waals surface area contributed by atoms with Crippen molar-refractivity contribution in [3.63, 3.8) is 0 Å². The SMILES string of the molecule is Cc1ccccc1-c1csc(NC(=O)c2ccc(CSc3nccn3C)o2)n1. The van der Waals surface area contributed by atoms with Crippen LogP contribution >= 0.6 is 23.1 Å². The number of furan rings is 1. The molecule has 4 aromatic rings. The number of benzene rings is 1. The fraction of sp³-hybridized carbons (Fsp3) is 0.150. The van der Waals surface area contributed by atoms with Gasteiger partial charge < -0.3 is 8.98 Å². The van der Waals surface area contributed by atoms with Crippen LogP contribution in [0.4, 0.5) is 5.13 Å². The summed E-state index contributed by atoms with van der Waals surface area (Å²) in [7, 11) is 1.94. The maximum Gasteiger partial charge on any atom is 0.293 e. The summed E-state index contributed by atoms with van der Waals surface area (Å²) < 4.78 is 7.61. The topological polar surface area (TPSA) is 73.0 Å². The molecule has 0 atom stereocenters. The molecule has 0 unspecified atom stereocenters. The molecule has 0 aliphatic carbocycles. The number of nitrogens with zero attached hydrogens (tertiary/aromatic N) is 3. The molecule has 0 bridgehead atoms. The molecule has 6 nitrogen and oxygen atoms in total. The molecule has 3 aromatic heterocycles. The number of carbonyl (C=O) groups excluding carboxylic acids is 1. The first-order valence-electron chi connectivity index (χ1n) is 8.62. The van der Waals surface area contributed by atoms with Gasteiger partial charge >= 0.3 is 0 Å². The highest BCUT2D eigenvalue weighted by molar-refractivity contribution is 7.98. The van der Waals surface area contributed by atoms with E-state index >= 15 is 0 Å². The lowest BCUT2D eigenvalue weighted by Gasteiger charge is -2.01. The Kier molecular flexibility index (Phi) is 5.31. The van der Waals surface area contributed by atoms with Crippen molar-refractivity contribution in [3.8, 4) is 11.3 Å². The largest absolute Gasteiger partial charge is 0.455 e. The second-order valence-corrected chi connectivity index (χ2v) is 7.98. The van der Waals surface area contributed by atoms with Gasteiger partial charge in [0.15, 0.2) is 16.0 Å². The van der Waals surface area contributed by atoms with Gasteiger partial charge in [-0.25, -0.2) is 9.97 Å². The highest BCUT2D eigenvalue weighted by Crippen LogP contribution is 2.28. The Balaban J connectivity index is 1.40. The molecule has 0 aliphatic heterocycles. The average molecular weight is 411 g/mol. The van der Waals surface area contributed by atoms with Crippen LogP contribution in [-0.2, 0) is 12.8 Å². The molecular weight excluding hydrogens is 392 g/mol. The lowest BCUT2D eigenvalue weighted by Crippen LogP contribution is -2.10. The minimum atomic E-state index is -0.307. The second kappa shape index (κ2) is 8.04. The number of hydrogen-bond donors (Lipinski definition) is 1. The molecule has 0 aliphatic rings. The summed E-state index contributed by atoms with van der Waals surface area (Å²) >= 11 is 2.95. The zero-order valence-corrected chi connectivity index (χ0v) is 17.0. The van der Waals surface area contributed by atoms with E-state index in [4.69, 9.17) is 4.42 Å².